The summed E-state index contributed by atoms with van der Waals surface area (Å²) in [5, 5.41) is 11.5. The van der Waals surface area contributed by atoms with Gasteiger partial charge in [-0.05, 0) is 11.8 Å². The van der Waals surface area contributed by atoms with E-state index < -0.39 is 4.92 Å². The van der Waals surface area contributed by atoms with Crippen LogP contribution in [0.1, 0.15) is 35.6 Å². The predicted octanol–water partition coefficient (Wildman–Crippen LogP) is 3.87. The van der Waals surface area contributed by atoms with Crippen LogP contribution in [0.4, 0.5) is 5.69 Å². The molecule has 1 aliphatic carbocycles. The Morgan fingerprint density at radius 1 is 1.33 bits per heavy atom. The molecule has 1 aromatic heterocycles. The largest absolute Gasteiger partial charge is 0.293 e. The van der Waals surface area contributed by atoms with Gasteiger partial charge in [-0.25, -0.2) is 4.98 Å². The smallest absolute Gasteiger partial charge is 0.270 e. The van der Waals surface area contributed by atoms with Crippen molar-refractivity contribution in [3.05, 3.63) is 45.0 Å². The molecule has 1 aliphatic rings. The lowest BCUT2D eigenvalue weighted by atomic mass is 9.78. The first-order valence-electron chi connectivity index (χ1n) is 6.63. The number of rotatable bonds is 2. The maximum atomic E-state index is 12.2. The van der Waals surface area contributed by atoms with Crippen molar-refractivity contribution in [2.75, 3.05) is 0 Å². The molecular formula is C15H14N2O3S. The Morgan fingerprint density at radius 3 is 2.81 bits per heavy atom. The summed E-state index contributed by atoms with van der Waals surface area (Å²) < 4.78 is 0. The fraction of sp³-hybridized carbons (Fsp3) is 0.333. The molecular weight excluding hydrogens is 288 g/mol. The van der Waals surface area contributed by atoms with Gasteiger partial charge in [0.15, 0.2) is 5.78 Å². The molecule has 0 aliphatic heterocycles. The minimum Gasteiger partial charge on any atom is -0.293 e. The highest BCUT2D eigenvalue weighted by molar-refractivity contribution is 7.17. The quantitative estimate of drug-likeness (QED) is 0.623. The molecule has 0 saturated heterocycles. The molecule has 0 N–H and O–H groups in total. The van der Waals surface area contributed by atoms with Crippen LogP contribution in [0, 0.1) is 15.5 Å². The van der Waals surface area contributed by atoms with E-state index in [1.54, 1.807) is 12.1 Å². The molecule has 0 atom stereocenters. The third kappa shape index (κ3) is 2.58. The number of benzene rings is 1. The van der Waals surface area contributed by atoms with Crippen LogP contribution in [0.5, 0.6) is 0 Å². The van der Waals surface area contributed by atoms with Gasteiger partial charge in [-0.2, -0.15) is 0 Å². The van der Waals surface area contributed by atoms with Gasteiger partial charge >= 0.3 is 0 Å². The Morgan fingerprint density at radius 2 is 2.10 bits per heavy atom. The Labute approximate surface area is 125 Å². The second kappa shape index (κ2) is 4.73. The number of fused-ring (bicyclic) bond motifs is 1. The molecule has 0 bridgehead atoms. The lowest BCUT2D eigenvalue weighted by Crippen LogP contribution is -2.25. The van der Waals surface area contributed by atoms with E-state index in [9.17, 15) is 14.9 Å². The summed E-state index contributed by atoms with van der Waals surface area (Å²) in [6.07, 6.45) is 1.29. The molecule has 1 heterocycles. The minimum atomic E-state index is -0.425. The molecule has 2 aromatic rings. The average molecular weight is 302 g/mol. The Hall–Kier alpha value is -2.08. The monoisotopic (exact) mass is 302 g/mol. The second-order valence-corrected chi connectivity index (χ2v) is 7.04. The number of ketones is 1. The van der Waals surface area contributed by atoms with E-state index in [-0.39, 0.29) is 16.9 Å². The van der Waals surface area contributed by atoms with Crippen LogP contribution in [-0.4, -0.2) is 15.7 Å². The SMILES string of the molecule is CC1(C)CC(=O)c2sc(-c3cccc([N+](=O)[O-])c3)nc2C1. The number of carbonyl (C=O) groups excluding carboxylic acids is 1. The maximum absolute atomic E-state index is 12.2. The lowest BCUT2D eigenvalue weighted by molar-refractivity contribution is -0.384. The van der Waals surface area contributed by atoms with Crippen LogP contribution in [-0.2, 0) is 6.42 Å². The van der Waals surface area contributed by atoms with Crippen molar-refractivity contribution in [3.63, 3.8) is 0 Å². The third-order valence-corrected chi connectivity index (χ3v) is 4.73. The molecule has 3 rings (SSSR count). The first-order valence-corrected chi connectivity index (χ1v) is 7.45. The zero-order valence-electron chi connectivity index (χ0n) is 11.8. The number of hydrogen-bond donors (Lipinski definition) is 0. The van der Waals surface area contributed by atoms with Gasteiger partial charge in [-0.3, -0.25) is 14.9 Å². The first kappa shape index (κ1) is 13.9. The molecule has 0 fully saturated rings. The van der Waals surface area contributed by atoms with Gasteiger partial charge in [0.1, 0.15) is 5.01 Å². The van der Waals surface area contributed by atoms with Crippen molar-refractivity contribution >= 4 is 22.8 Å². The standard InChI is InChI=1S/C15H14N2O3S/c1-15(2)7-11-13(12(18)8-15)21-14(16-11)9-4-3-5-10(6-9)17(19)20/h3-6H,7-8H2,1-2H3. The number of nitro benzene ring substituents is 1. The Kier molecular flexibility index (Phi) is 3.13. The highest BCUT2D eigenvalue weighted by atomic mass is 32.1. The molecule has 0 spiro atoms. The zero-order chi connectivity index (χ0) is 15.2. The number of nitrogens with zero attached hydrogens (tertiary/aromatic N) is 2. The van der Waals surface area contributed by atoms with E-state index in [1.165, 1.54) is 23.5 Å². The molecule has 21 heavy (non-hydrogen) atoms. The van der Waals surface area contributed by atoms with E-state index >= 15 is 0 Å². The van der Waals surface area contributed by atoms with Gasteiger partial charge < -0.3 is 0 Å². The molecule has 0 radical (unpaired) electrons. The van der Waals surface area contributed by atoms with E-state index in [0.717, 1.165) is 12.1 Å². The second-order valence-electron chi connectivity index (χ2n) is 6.04. The van der Waals surface area contributed by atoms with Crippen molar-refractivity contribution in [1.82, 2.24) is 4.98 Å². The van der Waals surface area contributed by atoms with E-state index in [0.29, 0.717) is 21.9 Å². The van der Waals surface area contributed by atoms with Crippen LogP contribution in [0.25, 0.3) is 10.6 Å². The fourth-order valence-corrected chi connectivity index (χ4v) is 3.61. The number of Topliss-reactive ketones (excluding diaryl/α,β-unsaturated/α-hetero) is 1. The summed E-state index contributed by atoms with van der Waals surface area (Å²) in [6, 6.07) is 6.37. The van der Waals surface area contributed by atoms with Gasteiger partial charge in [-0.1, -0.05) is 26.0 Å². The Balaban J connectivity index is 2.04. The molecule has 6 heteroatoms. The number of aromatic nitrogens is 1. The van der Waals surface area contributed by atoms with Gasteiger partial charge in [0.25, 0.3) is 5.69 Å². The van der Waals surface area contributed by atoms with E-state index in [2.05, 4.69) is 18.8 Å². The van der Waals surface area contributed by atoms with Crippen molar-refractivity contribution < 1.29 is 9.72 Å². The highest BCUT2D eigenvalue weighted by Crippen LogP contribution is 2.39. The van der Waals surface area contributed by atoms with Gasteiger partial charge in [0.05, 0.1) is 15.5 Å². The zero-order valence-corrected chi connectivity index (χ0v) is 12.6. The van der Waals surface area contributed by atoms with E-state index in [4.69, 9.17) is 0 Å². The van der Waals surface area contributed by atoms with Crippen LogP contribution in [0.15, 0.2) is 24.3 Å². The van der Waals surface area contributed by atoms with Crippen molar-refractivity contribution in [2.24, 2.45) is 5.41 Å². The molecule has 1 aromatic carbocycles. The summed E-state index contributed by atoms with van der Waals surface area (Å²) in [7, 11) is 0. The van der Waals surface area contributed by atoms with Crippen LogP contribution >= 0.6 is 11.3 Å². The number of thiazole rings is 1. The van der Waals surface area contributed by atoms with Gasteiger partial charge in [0, 0.05) is 24.1 Å². The molecule has 0 saturated carbocycles. The van der Waals surface area contributed by atoms with Crippen LogP contribution < -0.4 is 0 Å². The number of non-ortho nitro benzene ring substituents is 1. The van der Waals surface area contributed by atoms with E-state index in [1.807, 2.05) is 0 Å². The van der Waals surface area contributed by atoms with Gasteiger partial charge in [0.2, 0.25) is 0 Å². The molecule has 108 valence electrons. The lowest BCUT2D eigenvalue weighted by Gasteiger charge is -2.26. The van der Waals surface area contributed by atoms with Crippen LogP contribution in [0.2, 0.25) is 0 Å². The summed E-state index contributed by atoms with van der Waals surface area (Å²) in [5.74, 6) is 0.121. The Bertz CT molecular complexity index is 749. The van der Waals surface area contributed by atoms with Crippen LogP contribution in [0.3, 0.4) is 0 Å². The van der Waals surface area contributed by atoms with Crippen molar-refractivity contribution in [1.29, 1.82) is 0 Å². The first-order chi connectivity index (χ1) is 9.85. The van der Waals surface area contributed by atoms with Crippen molar-refractivity contribution in [2.45, 2.75) is 26.7 Å². The molecule has 0 amide bonds. The summed E-state index contributed by atoms with van der Waals surface area (Å²) in [4.78, 5) is 27.9. The third-order valence-electron chi connectivity index (χ3n) is 3.54. The highest BCUT2D eigenvalue weighted by Gasteiger charge is 2.34. The number of carbonyl (C=O) groups is 1. The number of hydrogen-bond acceptors (Lipinski definition) is 5. The summed E-state index contributed by atoms with van der Waals surface area (Å²) >= 11 is 1.33. The topological polar surface area (TPSA) is 73.1 Å². The average Bonchev–Trinajstić information content (AvgIpc) is 2.81. The van der Waals surface area contributed by atoms with Crippen molar-refractivity contribution in [3.8, 4) is 10.6 Å². The molecule has 0 unspecified atom stereocenters. The summed E-state index contributed by atoms with van der Waals surface area (Å²) in [5.41, 5.74) is 1.47. The normalized spacial score (nSPS) is 16.6. The molecule has 5 nitrogen and oxygen atoms in total. The summed E-state index contributed by atoms with van der Waals surface area (Å²) in [6.45, 7) is 4.11. The predicted molar refractivity (Wildman–Crippen MR) is 80.6 cm³/mol. The number of nitro groups is 1. The fourth-order valence-electron chi connectivity index (χ4n) is 2.60. The van der Waals surface area contributed by atoms with Gasteiger partial charge in [-0.15, -0.1) is 11.3 Å². The maximum Gasteiger partial charge on any atom is 0.270 e. The minimum absolute atomic E-state index is 0.0346.